The number of thioether (sulfide) groups is 1. The number of anilines is 1. The molecule has 1 N–H and O–H groups in total. The summed E-state index contributed by atoms with van der Waals surface area (Å²) < 4.78 is 1.94. The molecular formula is C19H17BrN2OS2. The fourth-order valence-electron chi connectivity index (χ4n) is 2.34. The first-order chi connectivity index (χ1) is 12.0. The first kappa shape index (κ1) is 18.2. The van der Waals surface area contributed by atoms with Crippen LogP contribution in [-0.2, 0) is 4.79 Å². The minimum absolute atomic E-state index is 0.0163. The topological polar surface area (TPSA) is 42.0 Å². The monoisotopic (exact) mass is 432 g/mol. The third-order valence-electron chi connectivity index (χ3n) is 3.61. The second-order valence-electron chi connectivity index (χ2n) is 5.66. The van der Waals surface area contributed by atoms with Crippen molar-refractivity contribution in [2.24, 2.45) is 0 Å². The van der Waals surface area contributed by atoms with E-state index in [-0.39, 0.29) is 5.91 Å². The van der Waals surface area contributed by atoms with E-state index in [2.05, 4.69) is 32.3 Å². The van der Waals surface area contributed by atoms with Crippen molar-refractivity contribution in [1.29, 1.82) is 0 Å². The van der Waals surface area contributed by atoms with E-state index in [9.17, 15) is 4.79 Å². The first-order valence-electron chi connectivity index (χ1n) is 7.72. The highest BCUT2D eigenvalue weighted by Crippen LogP contribution is 2.29. The van der Waals surface area contributed by atoms with Gasteiger partial charge in [-0.25, -0.2) is 4.98 Å². The van der Waals surface area contributed by atoms with Crippen LogP contribution < -0.4 is 5.32 Å². The Morgan fingerprint density at radius 1 is 1.20 bits per heavy atom. The molecule has 6 heteroatoms. The molecule has 3 rings (SSSR count). The third kappa shape index (κ3) is 4.93. The summed E-state index contributed by atoms with van der Waals surface area (Å²) in [7, 11) is 0. The molecular weight excluding hydrogens is 416 g/mol. The third-order valence-corrected chi connectivity index (χ3v) is 6.16. The fourth-order valence-corrected chi connectivity index (χ4v) is 4.24. The van der Waals surface area contributed by atoms with Crippen molar-refractivity contribution in [3.63, 3.8) is 0 Å². The Balaban J connectivity index is 1.58. The van der Waals surface area contributed by atoms with Gasteiger partial charge < -0.3 is 5.32 Å². The number of aryl methyl sites for hydroxylation is 2. The quantitative estimate of drug-likeness (QED) is 0.508. The van der Waals surface area contributed by atoms with E-state index in [4.69, 9.17) is 0 Å². The molecule has 0 unspecified atom stereocenters. The Morgan fingerprint density at radius 3 is 2.68 bits per heavy atom. The highest BCUT2D eigenvalue weighted by molar-refractivity contribution is 9.10. The van der Waals surface area contributed by atoms with Crippen molar-refractivity contribution in [2.45, 2.75) is 18.2 Å². The van der Waals surface area contributed by atoms with Gasteiger partial charge in [0.25, 0.3) is 0 Å². The molecule has 0 atom stereocenters. The van der Waals surface area contributed by atoms with Crippen molar-refractivity contribution in [3.05, 3.63) is 63.4 Å². The minimum Gasteiger partial charge on any atom is -0.325 e. The second-order valence-corrected chi connectivity index (χ2v) is 8.66. The minimum atomic E-state index is -0.0163. The van der Waals surface area contributed by atoms with Crippen LogP contribution in [0.5, 0.6) is 0 Å². The standard InChI is InChI=1S/C19H17BrN2OS2/c1-12-3-8-16(13(2)9-12)21-18(23)11-25-19-22-17(10-24-19)14-4-6-15(20)7-5-14/h3-10H,11H2,1-2H3,(H,21,23). The van der Waals surface area contributed by atoms with E-state index in [1.807, 2.05) is 55.6 Å². The van der Waals surface area contributed by atoms with Crippen LogP contribution in [0.4, 0.5) is 5.69 Å². The van der Waals surface area contributed by atoms with E-state index in [1.54, 1.807) is 11.3 Å². The molecule has 128 valence electrons. The van der Waals surface area contributed by atoms with Gasteiger partial charge in [-0.05, 0) is 37.6 Å². The summed E-state index contributed by atoms with van der Waals surface area (Å²) in [6.07, 6.45) is 0. The van der Waals surface area contributed by atoms with E-state index in [0.29, 0.717) is 5.75 Å². The number of carbonyl (C=O) groups excluding carboxylic acids is 1. The number of benzene rings is 2. The van der Waals surface area contributed by atoms with Crippen molar-refractivity contribution in [1.82, 2.24) is 4.98 Å². The van der Waals surface area contributed by atoms with Gasteiger partial charge in [0.15, 0.2) is 4.34 Å². The van der Waals surface area contributed by atoms with Gasteiger partial charge in [0.1, 0.15) is 0 Å². The molecule has 0 radical (unpaired) electrons. The first-order valence-corrected chi connectivity index (χ1v) is 10.4. The molecule has 1 amide bonds. The van der Waals surface area contributed by atoms with E-state index in [0.717, 1.165) is 31.3 Å². The second kappa shape index (κ2) is 8.17. The number of hydrogen-bond acceptors (Lipinski definition) is 4. The van der Waals surface area contributed by atoms with Crippen molar-refractivity contribution in [2.75, 3.05) is 11.1 Å². The zero-order valence-electron chi connectivity index (χ0n) is 13.9. The summed E-state index contributed by atoms with van der Waals surface area (Å²) in [5.41, 5.74) is 5.14. The molecule has 0 bridgehead atoms. The predicted octanol–water partition coefficient (Wildman–Crippen LogP) is 5.92. The lowest BCUT2D eigenvalue weighted by Gasteiger charge is -2.08. The van der Waals surface area contributed by atoms with Crippen molar-refractivity contribution < 1.29 is 4.79 Å². The van der Waals surface area contributed by atoms with Gasteiger partial charge >= 0.3 is 0 Å². The smallest absolute Gasteiger partial charge is 0.234 e. The summed E-state index contributed by atoms with van der Waals surface area (Å²) in [5.74, 6) is 0.331. The molecule has 1 heterocycles. The molecule has 2 aromatic carbocycles. The zero-order chi connectivity index (χ0) is 17.8. The number of amides is 1. The van der Waals surface area contributed by atoms with Crippen LogP contribution in [-0.4, -0.2) is 16.6 Å². The highest BCUT2D eigenvalue weighted by Gasteiger charge is 2.09. The fraction of sp³-hybridized carbons (Fsp3) is 0.158. The van der Waals surface area contributed by atoms with Gasteiger partial charge in [-0.15, -0.1) is 11.3 Å². The Labute approximate surface area is 164 Å². The number of halogens is 1. The largest absolute Gasteiger partial charge is 0.325 e. The summed E-state index contributed by atoms with van der Waals surface area (Å²) in [6, 6.07) is 14.1. The van der Waals surface area contributed by atoms with E-state index < -0.39 is 0 Å². The molecule has 1 aromatic heterocycles. The Kier molecular flexibility index (Phi) is 5.93. The van der Waals surface area contributed by atoms with Gasteiger partial charge in [0.05, 0.1) is 11.4 Å². The lowest BCUT2D eigenvalue weighted by atomic mass is 10.1. The molecule has 25 heavy (non-hydrogen) atoms. The van der Waals surface area contributed by atoms with Crippen LogP contribution in [0.1, 0.15) is 11.1 Å². The predicted molar refractivity (Wildman–Crippen MR) is 111 cm³/mol. The Bertz CT molecular complexity index is 891. The maximum Gasteiger partial charge on any atom is 0.234 e. The molecule has 0 aliphatic rings. The number of rotatable bonds is 5. The lowest BCUT2D eigenvalue weighted by Crippen LogP contribution is -2.14. The molecule has 0 saturated carbocycles. The van der Waals surface area contributed by atoms with Gasteiger partial charge in [-0.2, -0.15) is 0 Å². The van der Waals surface area contributed by atoms with Gasteiger partial charge in [-0.1, -0.05) is 57.5 Å². The van der Waals surface area contributed by atoms with E-state index >= 15 is 0 Å². The maximum absolute atomic E-state index is 12.2. The van der Waals surface area contributed by atoms with Crippen LogP contribution in [0.15, 0.2) is 56.7 Å². The molecule has 0 saturated heterocycles. The van der Waals surface area contributed by atoms with Crippen LogP contribution in [0.3, 0.4) is 0 Å². The van der Waals surface area contributed by atoms with E-state index in [1.165, 1.54) is 17.3 Å². The lowest BCUT2D eigenvalue weighted by molar-refractivity contribution is -0.113. The average molecular weight is 433 g/mol. The highest BCUT2D eigenvalue weighted by atomic mass is 79.9. The van der Waals surface area contributed by atoms with Gasteiger partial charge in [0, 0.05) is 21.1 Å². The van der Waals surface area contributed by atoms with Crippen LogP contribution in [0.25, 0.3) is 11.3 Å². The molecule has 3 nitrogen and oxygen atoms in total. The van der Waals surface area contributed by atoms with Gasteiger partial charge in [0.2, 0.25) is 5.91 Å². The zero-order valence-corrected chi connectivity index (χ0v) is 17.1. The van der Waals surface area contributed by atoms with Crippen molar-refractivity contribution >= 4 is 50.6 Å². The number of nitrogens with one attached hydrogen (secondary N) is 1. The molecule has 0 aliphatic heterocycles. The number of thiazole rings is 1. The van der Waals surface area contributed by atoms with Gasteiger partial charge in [-0.3, -0.25) is 4.79 Å². The molecule has 0 spiro atoms. The van der Waals surface area contributed by atoms with Crippen LogP contribution in [0, 0.1) is 13.8 Å². The molecule has 3 aromatic rings. The summed E-state index contributed by atoms with van der Waals surface area (Å²) in [4.78, 5) is 16.8. The number of carbonyl (C=O) groups is 1. The Hall–Kier alpha value is -1.63. The average Bonchev–Trinajstić information content (AvgIpc) is 3.05. The maximum atomic E-state index is 12.2. The molecule has 0 aliphatic carbocycles. The molecule has 0 fully saturated rings. The summed E-state index contributed by atoms with van der Waals surface area (Å²) >= 11 is 6.46. The van der Waals surface area contributed by atoms with Crippen molar-refractivity contribution in [3.8, 4) is 11.3 Å². The summed E-state index contributed by atoms with van der Waals surface area (Å²) in [6.45, 7) is 4.04. The van der Waals surface area contributed by atoms with Crippen LogP contribution in [0.2, 0.25) is 0 Å². The SMILES string of the molecule is Cc1ccc(NC(=O)CSc2nc(-c3ccc(Br)cc3)cs2)c(C)c1. The number of hydrogen-bond donors (Lipinski definition) is 1. The normalized spacial score (nSPS) is 10.7. The number of nitrogens with zero attached hydrogens (tertiary/aromatic N) is 1. The summed E-state index contributed by atoms with van der Waals surface area (Å²) in [5, 5.41) is 4.99. The Morgan fingerprint density at radius 2 is 1.96 bits per heavy atom. The number of aromatic nitrogens is 1. The van der Waals surface area contributed by atoms with Crippen LogP contribution >= 0.6 is 39.0 Å².